The van der Waals surface area contributed by atoms with Crippen molar-refractivity contribution in [1.82, 2.24) is 29.6 Å². The third-order valence-corrected chi connectivity index (χ3v) is 10.1. The van der Waals surface area contributed by atoms with Gasteiger partial charge in [-0.1, -0.05) is 67.0 Å². The highest BCUT2D eigenvalue weighted by Gasteiger charge is 2.35. The number of nitrogens with zero attached hydrogens (tertiary/aromatic N) is 4. The van der Waals surface area contributed by atoms with Gasteiger partial charge in [0, 0.05) is 77.1 Å². The molecule has 2 N–H and O–H groups in total. The minimum atomic E-state index is -0.982. The number of carbonyl (C=O) groups excluding carboxylic acids is 2. The number of benzene rings is 2. The van der Waals surface area contributed by atoms with Crippen LogP contribution in [0.1, 0.15) is 44.7 Å². The summed E-state index contributed by atoms with van der Waals surface area (Å²) in [4.78, 5) is 49.0. The zero-order valence-electron chi connectivity index (χ0n) is 25.3. The first-order valence-corrected chi connectivity index (χ1v) is 16.6. The molecule has 3 fully saturated rings. The second kappa shape index (κ2) is 15.5. The molecule has 4 heterocycles. The van der Waals surface area contributed by atoms with Gasteiger partial charge in [-0.3, -0.25) is 14.3 Å². The van der Waals surface area contributed by atoms with Crippen LogP contribution in [0.2, 0.25) is 10.0 Å². The van der Waals surface area contributed by atoms with Crippen LogP contribution in [0.4, 0.5) is 4.79 Å². The molecular weight excluding hydrogens is 627 g/mol. The van der Waals surface area contributed by atoms with Gasteiger partial charge in [0.15, 0.2) is 6.10 Å². The first-order chi connectivity index (χ1) is 21.9. The number of aromatic nitrogens is 2. The molecule has 46 heavy (non-hydrogen) atoms. The average molecular weight is 672 g/mol. The number of aromatic amines is 1. The topological polar surface area (TPSA) is 103 Å². The molecule has 0 spiro atoms. The van der Waals surface area contributed by atoms with Gasteiger partial charge in [0.25, 0.3) is 5.91 Å². The number of H-pyrrole nitrogens is 1. The normalized spacial score (nSPS) is 19.0. The Kier molecular flexibility index (Phi) is 11.5. The highest BCUT2D eigenvalue weighted by molar-refractivity contribution is 6.42. The number of nitrogens with one attached hydrogen (secondary N) is 2. The summed E-state index contributed by atoms with van der Waals surface area (Å²) in [6, 6.07) is 15.4. The van der Waals surface area contributed by atoms with Crippen LogP contribution in [0.3, 0.4) is 0 Å². The van der Waals surface area contributed by atoms with E-state index in [0.717, 1.165) is 55.8 Å². The highest BCUT2D eigenvalue weighted by atomic mass is 35.5. The lowest BCUT2D eigenvalue weighted by Crippen LogP contribution is -2.54. The zero-order chi connectivity index (χ0) is 31.3. The third-order valence-electron chi connectivity index (χ3n) is 9.31. The van der Waals surface area contributed by atoms with Gasteiger partial charge in [-0.25, -0.2) is 9.59 Å². The molecule has 0 aliphatic carbocycles. The standard InChI is InChI=1S/C33H40Cl2N6O4.CH4/c34-27-7-6-23(20-28(27)35)21-30(31(42)39-14-8-25(9-15-39)38-18-12-36-13-19-38)45-33(44)40-16-10-26(11-17-40)41-22-29(37-32(41)43)24-4-2-1-3-5-24;/h1-7,20,22,25-26,30,36H,8-19,21H2,(H,37,43);1H4/t30-;/m1./s1. The van der Waals surface area contributed by atoms with E-state index >= 15 is 0 Å². The summed E-state index contributed by atoms with van der Waals surface area (Å²) in [5.74, 6) is -0.185. The minimum Gasteiger partial charge on any atom is -0.436 e. The second-order valence-corrected chi connectivity index (χ2v) is 12.9. The van der Waals surface area contributed by atoms with Gasteiger partial charge in [-0.15, -0.1) is 0 Å². The van der Waals surface area contributed by atoms with Crippen molar-refractivity contribution >= 4 is 35.2 Å². The predicted octanol–water partition coefficient (Wildman–Crippen LogP) is 5.07. The van der Waals surface area contributed by atoms with E-state index in [4.69, 9.17) is 27.9 Å². The number of amides is 2. The van der Waals surface area contributed by atoms with Gasteiger partial charge >= 0.3 is 11.8 Å². The van der Waals surface area contributed by atoms with E-state index in [1.54, 1.807) is 21.6 Å². The van der Waals surface area contributed by atoms with Crippen LogP contribution < -0.4 is 11.0 Å². The molecule has 0 unspecified atom stereocenters. The monoisotopic (exact) mass is 670 g/mol. The van der Waals surface area contributed by atoms with Crippen LogP contribution in [0.15, 0.2) is 59.5 Å². The van der Waals surface area contributed by atoms with Crippen LogP contribution in [-0.4, -0.2) is 101 Å². The summed E-state index contributed by atoms with van der Waals surface area (Å²) in [5, 5.41) is 4.22. The average Bonchev–Trinajstić information content (AvgIpc) is 3.48. The lowest BCUT2D eigenvalue weighted by molar-refractivity contribution is -0.142. The van der Waals surface area contributed by atoms with Crippen molar-refractivity contribution in [3.63, 3.8) is 0 Å². The van der Waals surface area contributed by atoms with Crippen LogP contribution >= 0.6 is 23.2 Å². The molecule has 3 aromatic rings. The molecular formula is C34H44Cl2N6O4. The predicted molar refractivity (Wildman–Crippen MR) is 182 cm³/mol. The van der Waals surface area contributed by atoms with E-state index in [-0.39, 0.29) is 31.5 Å². The fourth-order valence-electron chi connectivity index (χ4n) is 6.73. The van der Waals surface area contributed by atoms with E-state index in [9.17, 15) is 14.4 Å². The van der Waals surface area contributed by atoms with Crippen molar-refractivity contribution in [1.29, 1.82) is 0 Å². The van der Waals surface area contributed by atoms with Gasteiger partial charge in [0.1, 0.15) is 0 Å². The van der Waals surface area contributed by atoms with Crippen molar-refractivity contribution in [3.8, 4) is 11.3 Å². The number of halogens is 2. The number of likely N-dealkylation sites (tertiary alicyclic amines) is 2. The first kappa shape index (κ1) is 34.0. The smallest absolute Gasteiger partial charge is 0.410 e. The minimum absolute atomic E-state index is 0. The first-order valence-electron chi connectivity index (χ1n) is 15.9. The second-order valence-electron chi connectivity index (χ2n) is 12.1. The number of hydrogen-bond donors (Lipinski definition) is 2. The number of hydrogen-bond acceptors (Lipinski definition) is 6. The maximum Gasteiger partial charge on any atom is 0.410 e. The quantitative estimate of drug-likeness (QED) is 0.364. The third kappa shape index (κ3) is 7.97. The highest BCUT2D eigenvalue weighted by Crippen LogP contribution is 2.27. The van der Waals surface area contributed by atoms with E-state index < -0.39 is 12.2 Å². The summed E-state index contributed by atoms with van der Waals surface area (Å²) in [6.07, 6.45) is 3.56. The number of piperidine rings is 2. The van der Waals surface area contributed by atoms with E-state index in [1.807, 2.05) is 47.5 Å². The summed E-state index contributed by atoms with van der Waals surface area (Å²) in [7, 11) is 0. The number of piperazine rings is 1. The fourth-order valence-corrected chi connectivity index (χ4v) is 7.05. The summed E-state index contributed by atoms with van der Waals surface area (Å²) in [6.45, 7) is 6.15. The van der Waals surface area contributed by atoms with Crippen LogP contribution in [0.5, 0.6) is 0 Å². The SMILES string of the molecule is C.O=C(O[C@H](Cc1ccc(Cl)c(Cl)c1)C(=O)N1CCC(N2CCNCC2)CC1)N1CCC(n2cc(-c3ccccc3)[nH]c2=O)CC1. The molecule has 1 aromatic heterocycles. The van der Waals surface area contributed by atoms with Crippen LogP contribution in [0, 0.1) is 0 Å². The Morgan fingerprint density at radius 1 is 0.848 bits per heavy atom. The van der Waals surface area contributed by atoms with Crippen molar-refractivity contribution in [2.45, 2.75) is 57.7 Å². The molecule has 12 heteroatoms. The number of ether oxygens (including phenoxy) is 1. The largest absolute Gasteiger partial charge is 0.436 e. The van der Waals surface area contributed by atoms with Gasteiger partial charge in [0.2, 0.25) is 0 Å². The molecule has 3 aliphatic heterocycles. The molecule has 0 saturated carbocycles. The van der Waals surface area contributed by atoms with Crippen molar-refractivity contribution in [2.75, 3.05) is 52.4 Å². The van der Waals surface area contributed by atoms with Crippen molar-refractivity contribution in [2.24, 2.45) is 0 Å². The molecule has 3 aliphatic rings. The summed E-state index contributed by atoms with van der Waals surface area (Å²) < 4.78 is 7.70. The Morgan fingerprint density at radius 2 is 1.50 bits per heavy atom. The molecule has 1 atom stereocenters. The maximum absolute atomic E-state index is 13.9. The molecule has 2 amide bonds. The van der Waals surface area contributed by atoms with Gasteiger partial charge in [-0.05, 0) is 48.9 Å². The van der Waals surface area contributed by atoms with Crippen molar-refractivity contribution in [3.05, 3.63) is 80.8 Å². The Balaban J connectivity index is 0.00000417. The van der Waals surface area contributed by atoms with E-state index in [0.29, 0.717) is 55.1 Å². The van der Waals surface area contributed by atoms with Crippen LogP contribution in [0.25, 0.3) is 11.3 Å². The molecule has 0 radical (unpaired) electrons. The lowest BCUT2D eigenvalue weighted by Gasteiger charge is -2.41. The van der Waals surface area contributed by atoms with Gasteiger partial charge < -0.3 is 24.8 Å². The molecule has 0 bridgehead atoms. The van der Waals surface area contributed by atoms with Gasteiger partial charge in [-0.2, -0.15) is 0 Å². The summed E-state index contributed by atoms with van der Waals surface area (Å²) in [5.41, 5.74) is 2.32. The lowest BCUT2D eigenvalue weighted by atomic mass is 10.0. The molecule has 248 valence electrons. The molecule has 3 saturated heterocycles. The number of rotatable bonds is 7. The molecule has 10 nitrogen and oxygen atoms in total. The van der Waals surface area contributed by atoms with Gasteiger partial charge in [0.05, 0.1) is 15.7 Å². The Labute approximate surface area is 280 Å². The fraction of sp³-hybridized carbons (Fsp3) is 0.500. The zero-order valence-corrected chi connectivity index (χ0v) is 26.8. The van der Waals surface area contributed by atoms with E-state index in [2.05, 4.69) is 15.2 Å². The Hall–Kier alpha value is -3.31. The molecule has 2 aromatic carbocycles. The van der Waals surface area contributed by atoms with E-state index in [1.165, 1.54) is 0 Å². The number of imidazole rings is 1. The number of carbonyl (C=O) groups is 2. The Morgan fingerprint density at radius 3 is 2.17 bits per heavy atom. The summed E-state index contributed by atoms with van der Waals surface area (Å²) >= 11 is 12.4. The van der Waals surface area contributed by atoms with Crippen molar-refractivity contribution < 1.29 is 14.3 Å². The maximum atomic E-state index is 13.9. The van der Waals surface area contributed by atoms with Crippen LogP contribution in [-0.2, 0) is 16.0 Å². The molecule has 6 rings (SSSR count). The Bertz CT molecular complexity index is 1520.